The third-order valence-corrected chi connectivity index (χ3v) is 8.13. The first-order chi connectivity index (χ1) is 19.6. The van der Waals surface area contributed by atoms with Crippen LogP contribution in [0.3, 0.4) is 0 Å². The lowest BCUT2D eigenvalue weighted by molar-refractivity contribution is 0.117. The van der Waals surface area contributed by atoms with Gasteiger partial charge in [-0.05, 0) is 25.9 Å². The van der Waals surface area contributed by atoms with Crippen LogP contribution in [0, 0.1) is 0 Å². The zero-order chi connectivity index (χ0) is 29.5. The van der Waals surface area contributed by atoms with E-state index in [0.717, 1.165) is 111 Å². The molecular weight excluding hydrogens is 576 g/mol. The van der Waals surface area contributed by atoms with E-state index in [2.05, 4.69) is 102 Å². The van der Waals surface area contributed by atoms with Gasteiger partial charge in [0.1, 0.15) is 0 Å². The summed E-state index contributed by atoms with van der Waals surface area (Å²) in [4.78, 5) is 10.5. The van der Waals surface area contributed by atoms with Crippen LogP contribution in [0.5, 0.6) is 0 Å². The second-order valence-electron chi connectivity index (χ2n) is 10.4. The molecule has 0 aromatic carbocycles. The van der Waals surface area contributed by atoms with E-state index in [1.165, 1.54) is 45.2 Å². The van der Waals surface area contributed by atoms with Gasteiger partial charge >= 0.3 is 0 Å². The quantitative estimate of drug-likeness (QED) is 0.0352. The minimum absolute atomic E-state index is 0.977. The summed E-state index contributed by atoms with van der Waals surface area (Å²) in [6.45, 7) is 24.8. The maximum Gasteiger partial charge on any atom is 0.0507 e. The summed E-state index contributed by atoms with van der Waals surface area (Å²) in [6, 6.07) is 0. The number of unbranched alkanes of at least 4 members (excludes halogenated alkanes) is 3. The molecule has 4 unspecified atom stereocenters. The predicted octanol–water partition coefficient (Wildman–Crippen LogP) is 0.840. The van der Waals surface area contributed by atoms with E-state index in [1.807, 2.05) is 0 Å². The van der Waals surface area contributed by atoms with Crippen LogP contribution in [0.4, 0.5) is 0 Å². The molecule has 0 saturated heterocycles. The zero-order valence-corrected chi connectivity index (χ0v) is 30.7. The van der Waals surface area contributed by atoms with Gasteiger partial charge in [-0.2, -0.15) is 0 Å². The Labute approximate surface area is 258 Å². The first kappa shape index (κ1) is 41.3. The summed E-state index contributed by atoms with van der Waals surface area (Å²) in [5, 5.41) is 20.2. The first-order valence-corrected chi connectivity index (χ1v) is 18.0. The first-order valence-electron chi connectivity index (χ1n) is 15.7. The van der Waals surface area contributed by atoms with Gasteiger partial charge in [-0.25, -0.2) is 0 Å². The molecule has 0 bridgehead atoms. The fraction of sp³-hybridized carbons (Fsp3) is 1.00. The Morgan fingerprint density at radius 2 is 0.825 bits per heavy atom. The Kier molecular flexibility index (Phi) is 34.3. The number of hydrogen-bond acceptors (Lipinski definition) is 10. The standard InChI is InChI=1S/C26H68N10P4/c1-3-5-6-7-17-35(26-36(22-14-31-39)23-15-32-40)25-24-34(19-10-27-8-9-29-37)20-12-28-11-18-33(16-4-2)21-13-30-38/h27-32H,3-26,37-40H2,1-2H3. The average molecular weight is 645 g/mol. The molecule has 0 aliphatic rings. The topological polar surface area (TPSA) is 85.1 Å². The summed E-state index contributed by atoms with van der Waals surface area (Å²) in [5.74, 6) is 0. The van der Waals surface area contributed by atoms with E-state index in [0.29, 0.717) is 0 Å². The van der Waals surface area contributed by atoms with Gasteiger partial charge in [-0.3, -0.25) is 35.0 Å². The fourth-order valence-electron chi connectivity index (χ4n) is 4.61. The normalized spacial score (nSPS) is 12.2. The molecule has 0 saturated carbocycles. The molecule has 40 heavy (non-hydrogen) atoms. The van der Waals surface area contributed by atoms with E-state index >= 15 is 0 Å². The minimum Gasteiger partial charge on any atom is -0.314 e. The van der Waals surface area contributed by atoms with Crippen molar-refractivity contribution >= 4 is 37.6 Å². The van der Waals surface area contributed by atoms with Crippen molar-refractivity contribution in [1.82, 2.24) is 50.6 Å². The molecule has 0 aromatic heterocycles. The van der Waals surface area contributed by atoms with E-state index in [9.17, 15) is 0 Å². The monoisotopic (exact) mass is 644 g/mol. The molecule has 0 rings (SSSR count). The van der Waals surface area contributed by atoms with Gasteiger partial charge in [-0.15, -0.1) is 0 Å². The molecule has 242 valence electrons. The van der Waals surface area contributed by atoms with Crippen LogP contribution in [0.25, 0.3) is 0 Å². The van der Waals surface area contributed by atoms with E-state index in [-0.39, 0.29) is 0 Å². The van der Waals surface area contributed by atoms with Crippen molar-refractivity contribution in [1.29, 1.82) is 0 Å². The van der Waals surface area contributed by atoms with E-state index in [1.54, 1.807) is 0 Å². The lowest BCUT2D eigenvalue weighted by Crippen LogP contribution is -2.47. The van der Waals surface area contributed by atoms with Gasteiger partial charge in [0.05, 0.1) is 6.67 Å². The van der Waals surface area contributed by atoms with Crippen molar-refractivity contribution in [2.75, 3.05) is 124 Å². The minimum atomic E-state index is 0.977. The van der Waals surface area contributed by atoms with Crippen molar-refractivity contribution in [3.8, 4) is 0 Å². The smallest absolute Gasteiger partial charge is 0.0507 e. The Morgan fingerprint density at radius 3 is 1.35 bits per heavy atom. The second-order valence-corrected chi connectivity index (χ2v) is 12.1. The number of hydrogen-bond donors (Lipinski definition) is 6. The second kappa shape index (κ2) is 33.2. The zero-order valence-electron chi connectivity index (χ0n) is 26.1. The molecule has 0 fully saturated rings. The fourth-order valence-corrected chi connectivity index (χ4v) is 5.14. The van der Waals surface area contributed by atoms with Gasteiger partial charge in [0.25, 0.3) is 0 Å². The molecule has 4 atom stereocenters. The highest BCUT2D eigenvalue weighted by atomic mass is 31.0. The number of nitrogens with zero attached hydrogens (tertiary/aromatic N) is 4. The third kappa shape index (κ3) is 26.9. The number of nitrogens with one attached hydrogen (secondary N) is 6. The van der Waals surface area contributed by atoms with Gasteiger partial charge in [0, 0.05) is 105 Å². The van der Waals surface area contributed by atoms with Crippen LogP contribution >= 0.6 is 37.6 Å². The van der Waals surface area contributed by atoms with Crippen LogP contribution < -0.4 is 31.0 Å². The van der Waals surface area contributed by atoms with Crippen molar-refractivity contribution in [2.24, 2.45) is 0 Å². The molecule has 0 amide bonds. The van der Waals surface area contributed by atoms with Crippen molar-refractivity contribution in [3.05, 3.63) is 0 Å². The van der Waals surface area contributed by atoms with Gasteiger partial charge in [-0.1, -0.05) is 70.7 Å². The molecular formula is C26H68N10P4. The molecule has 0 aliphatic carbocycles. The van der Waals surface area contributed by atoms with Gasteiger partial charge in [0.2, 0.25) is 0 Å². The maximum absolute atomic E-state index is 3.72. The Balaban J connectivity index is 4.94. The number of rotatable bonds is 33. The Hall–Kier alpha value is 1.32. The highest BCUT2D eigenvalue weighted by Gasteiger charge is 2.14. The molecule has 0 spiro atoms. The summed E-state index contributed by atoms with van der Waals surface area (Å²) in [7, 11) is 10.5. The Bertz CT molecular complexity index is 494. The van der Waals surface area contributed by atoms with E-state index in [4.69, 9.17) is 0 Å². The van der Waals surface area contributed by atoms with Crippen LogP contribution in [0.15, 0.2) is 0 Å². The van der Waals surface area contributed by atoms with Crippen molar-refractivity contribution in [3.63, 3.8) is 0 Å². The van der Waals surface area contributed by atoms with Crippen LogP contribution in [0.1, 0.15) is 46.0 Å². The largest absolute Gasteiger partial charge is 0.314 e. The summed E-state index contributed by atoms with van der Waals surface area (Å²) >= 11 is 0. The van der Waals surface area contributed by atoms with Crippen molar-refractivity contribution in [2.45, 2.75) is 46.0 Å². The van der Waals surface area contributed by atoms with Crippen LogP contribution in [0.2, 0.25) is 0 Å². The summed E-state index contributed by atoms with van der Waals surface area (Å²) in [5.41, 5.74) is 0. The maximum atomic E-state index is 3.72. The SMILES string of the molecule is CCCCCCN(CCN(CCNCCNP)CCNCCN(CCC)CCNP)CN(CCNP)CCNP. The van der Waals surface area contributed by atoms with Crippen LogP contribution in [-0.4, -0.2) is 144 Å². The molecule has 0 aromatic rings. The van der Waals surface area contributed by atoms with Crippen LogP contribution in [-0.2, 0) is 0 Å². The summed E-state index contributed by atoms with van der Waals surface area (Å²) in [6.07, 6.45) is 6.45. The summed E-state index contributed by atoms with van der Waals surface area (Å²) < 4.78 is 0. The van der Waals surface area contributed by atoms with Crippen molar-refractivity contribution < 1.29 is 0 Å². The molecule has 6 N–H and O–H groups in total. The van der Waals surface area contributed by atoms with Gasteiger partial charge in [0.15, 0.2) is 0 Å². The molecule has 0 aliphatic heterocycles. The average Bonchev–Trinajstić information content (AvgIpc) is 2.96. The molecule has 0 heterocycles. The lowest BCUT2D eigenvalue weighted by atomic mass is 10.2. The highest BCUT2D eigenvalue weighted by molar-refractivity contribution is 7.14. The Morgan fingerprint density at radius 1 is 0.375 bits per heavy atom. The molecule has 14 heteroatoms. The van der Waals surface area contributed by atoms with Gasteiger partial charge < -0.3 is 15.5 Å². The predicted molar refractivity (Wildman–Crippen MR) is 192 cm³/mol. The lowest BCUT2D eigenvalue weighted by Gasteiger charge is -2.33. The molecule has 10 nitrogen and oxygen atoms in total. The molecule has 0 radical (unpaired) electrons. The highest BCUT2D eigenvalue weighted by Crippen LogP contribution is 2.04. The van der Waals surface area contributed by atoms with E-state index < -0.39 is 0 Å². The third-order valence-electron chi connectivity index (χ3n) is 6.98.